The number of methoxy groups -OCH3 is 1. The van der Waals surface area contributed by atoms with Gasteiger partial charge in [-0.25, -0.2) is 9.59 Å². The molecule has 20 heavy (non-hydrogen) atoms. The average Bonchev–Trinajstić information content (AvgIpc) is 2.45. The molecule has 1 saturated heterocycles. The highest BCUT2D eigenvalue weighted by Crippen LogP contribution is 2.35. The van der Waals surface area contributed by atoms with E-state index in [1.807, 2.05) is 35.2 Å². The number of nitrogens with zero attached hydrogens (tertiary/aromatic N) is 1. The van der Waals surface area contributed by atoms with Gasteiger partial charge in [-0.3, -0.25) is 4.90 Å². The zero-order chi connectivity index (χ0) is 14.6. The number of rotatable bonds is 5. The van der Waals surface area contributed by atoms with Crippen LogP contribution in [0.5, 0.6) is 0 Å². The van der Waals surface area contributed by atoms with Crippen LogP contribution in [0.4, 0.5) is 0 Å². The molecule has 0 aliphatic carbocycles. The van der Waals surface area contributed by atoms with Gasteiger partial charge in [0, 0.05) is 19.5 Å². The van der Waals surface area contributed by atoms with Crippen LogP contribution in [0, 0.1) is 0 Å². The van der Waals surface area contributed by atoms with Crippen LogP contribution in [0.3, 0.4) is 0 Å². The molecule has 0 unspecified atom stereocenters. The lowest BCUT2D eigenvalue weighted by Gasteiger charge is -2.47. The lowest BCUT2D eigenvalue weighted by Crippen LogP contribution is -2.69. The molecule has 0 bridgehead atoms. The van der Waals surface area contributed by atoms with E-state index in [9.17, 15) is 9.59 Å². The first kappa shape index (κ1) is 14.5. The molecule has 1 aromatic rings. The van der Waals surface area contributed by atoms with Crippen molar-refractivity contribution in [3.8, 4) is 0 Å². The number of benzene rings is 1. The monoisotopic (exact) mass is 277 g/mol. The number of carbonyl (C=O) groups excluding carboxylic acids is 2. The van der Waals surface area contributed by atoms with E-state index in [2.05, 4.69) is 0 Å². The second-order valence-corrected chi connectivity index (χ2v) is 4.73. The van der Waals surface area contributed by atoms with Gasteiger partial charge in [-0.1, -0.05) is 30.3 Å². The van der Waals surface area contributed by atoms with Gasteiger partial charge in [0.1, 0.15) is 0 Å². The van der Waals surface area contributed by atoms with Crippen LogP contribution in [-0.4, -0.2) is 42.6 Å². The fourth-order valence-electron chi connectivity index (χ4n) is 2.48. The van der Waals surface area contributed by atoms with E-state index < -0.39 is 17.5 Å². The molecule has 0 aromatic heterocycles. The normalized spacial score (nSPS) is 21.9. The fraction of sp³-hybridized carbons (Fsp3) is 0.467. The Bertz CT molecular complexity index is 488. The van der Waals surface area contributed by atoms with E-state index in [4.69, 9.17) is 9.47 Å². The van der Waals surface area contributed by atoms with Crippen LogP contribution in [-0.2, 0) is 25.6 Å². The van der Waals surface area contributed by atoms with Crippen molar-refractivity contribution in [1.29, 1.82) is 0 Å². The van der Waals surface area contributed by atoms with E-state index in [1.54, 1.807) is 6.92 Å². The van der Waals surface area contributed by atoms with Crippen LogP contribution in [0.2, 0.25) is 0 Å². The summed E-state index contributed by atoms with van der Waals surface area (Å²) in [6.07, 6.45) is 0.436. The molecule has 1 heterocycles. The number of carbonyl (C=O) groups is 2. The van der Waals surface area contributed by atoms with Crippen LogP contribution in [0.1, 0.15) is 18.9 Å². The number of ether oxygens (including phenoxy) is 2. The molecule has 2 rings (SSSR count). The maximum absolute atomic E-state index is 12.2. The Kier molecular flexibility index (Phi) is 4.39. The van der Waals surface area contributed by atoms with E-state index in [0.717, 1.165) is 5.56 Å². The van der Waals surface area contributed by atoms with E-state index in [-0.39, 0.29) is 6.61 Å². The highest BCUT2D eigenvalue weighted by Gasteiger charge is 2.59. The quantitative estimate of drug-likeness (QED) is 0.601. The Labute approximate surface area is 118 Å². The summed E-state index contributed by atoms with van der Waals surface area (Å²) in [4.78, 5) is 26.1. The molecular weight excluding hydrogens is 258 g/mol. The van der Waals surface area contributed by atoms with Gasteiger partial charge in [0.25, 0.3) is 0 Å². The summed E-state index contributed by atoms with van der Waals surface area (Å²) in [7, 11) is 1.29. The van der Waals surface area contributed by atoms with Gasteiger partial charge < -0.3 is 9.47 Å². The highest BCUT2D eigenvalue weighted by atomic mass is 16.6. The molecule has 5 nitrogen and oxygen atoms in total. The topological polar surface area (TPSA) is 55.8 Å². The smallest absolute Gasteiger partial charge is 0.338 e. The third kappa shape index (κ3) is 2.41. The summed E-state index contributed by atoms with van der Waals surface area (Å²) in [5.41, 5.74) is -0.231. The summed E-state index contributed by atoms with van der Waals surface area (Å²) in [5.74, 6) is -1.06. The molecule has 0 N–H and O–H groups in total. The zero-order valence-electron chi connectivity index (χ0n) is 11.8. The van der Waals surface area contributed by atoms with Gasteiger partial charge in [0.05, 0.1) is 13.7 Å². The first-order valence-corrected chi connectivity index (χ1v) is 6.69. The Morgan fingerprint density at radius 3 is 2.45 bits per heavy atom. The first-order chi connectivity index (χ1) is 9.65. The molecule has 0 spiro atoms. The SMILES string of the molecule is CCOC(=O)[C@]1(C(=O)OC)CCN1Cc1ccccc1. The van der Waals surface area contributed by atoms with Gasteiger partial charge in [0.15, 0.2) is 0 Å². The van der Waals surface area contributed by atoms with Crippen molar-refractivity contribution in [2.75, 3.05) is 20.3 Å². The van der Waals surface area contributed by atoms with Gasteiger partial charge in [0.2, 0.25) is 5.54 Å². The predicted molar refractivity (Wildman–Crippen MR) is 72.8 cm³/mol. The lowest BCUT2D eigenvalue weighted by atomic mass is 9.84. The fourth-order valence-corrected chi connectivity index (χ4v) is 2.48. The third-order valence-electron chi connectivity index (χ3n) is 3.64. The Morgan fingerprint density at radius 1 is 1.25 bits per heavy atom. The standard InChI is InChI=1S/C15H19NO4/c1-3-20-14(18)15(13(17)19-2)9-10-16(15)11-12-7-5-4-6-8-12/h4-8H,3,9-11H2,1-2H3/t15-/m1/s1. The Hall–Kier alpha value is -1.88. The molecule has 1 fully saturated rings. The lowest BCUT2D eigenvalue weighted by molar-refractivity contribution is -0.185. The summed E-state index contributed by atoms with van der Waals surface area (Å²) in [5, 5.41) is 0. The molecular formula is C15H19NO4. The Balaban J connectivity index is 2.20. The second kappa shape index (κ2) is 6.05. The summed E-state index contributed by atoms with van der Waals surface area (Å²) < 4.78 is 9.87. The zero-order valence-corrected chi connectivity index (χ0v) is 11.8. The molecule has 1 aliphatic rings. The molecule has 1 aromatic carbocycles. The molecule has 0 amide bonds. The van der Waals surface area contributed by atoms with Crippen molar-refractivity contribution >= 4 is 11.9 Å². The van der Waals surface area contributed by atoms with Crippen LogP contribution < -0.4 is 0 Å². The minimum Gasteiger partial charge on any atom is -0.467 e. The molecule has 1 aliphatic heterocycles. The van der Waals surface area contributed by atoms with Crippen LogP contribution in [0.25, 0.3) is 0 Å². The van der Waals surface area contributed by atoms with Gasteiger partial charge in [-0.15, -0.1) is 0 Å². The molecule has 108 valence electrons. The van der Waals surface area contributed by atoms with Crippen LogP contribution in [0.15, 0.2) is 30.3 Å². The van der Waals surface area contributed by atoms with Gasteiger partial charge >= 0.3 is 11.9 Å². The maximum atomic E-state index is 12.2. The summed E-state index contributed by atoms with van der Waals surface area (Å²) in [6, 6.07) is 9.72. The van der Waals surface area contributed by atoms with Crippen molar-refractivity contribution in [1.82, 2.24) is 4.90 Å². The third-order valence-corrected chi connectivity index (χ3v) is 3.64. The average molecular weight is 277 g/mol. The highest BCUT2D eigenvalue weighted by molar-refractivity contribution is 6.06. The molecule has 1 atom stereocenters. The van der Waals surface area contributed by atoms with Crippen LogP contribution >= 0.6 is 0 Å². The Morgan fingerprint density at radius 2 is 1.95 bits per heavy atom. The summed E-state index contributed by atoms with van der Waals surface area (Å²) in [6.45, 7) is 3.16. The second-order valence-electron chi connectivity index (χ2n) is 4.73. The van der Waals surface area contributed by atoms with E-state index in [1.165, 1.54) is 7.11 Å². The van der Waals surface area contributed by atoms with Gasteiger partial charge in [-0.05, 0) is 12.5 Å². The maximum Gasteiger partial charge on any atom is 0.338 e. The van der Waals surface area contributed by atoms with E-state index in [0.29, 0.717) is 19.5 Å². The van der Waals surface area contributed by atoms with E-state index >= 15 is 0 Å². The summed E-state index contributed by atoms with van der Waals surface area (Å²) >= 11 is 0. The van der Waals surface area contributed by atoms with Crippen molar-refractivity contribution in [3.63, 3.8) is 0 Å². The predicted octanol–water partition coefficient (Wildman–Crippen LogP) is 1.37. The number of hydrogen-bond donors (Lipinski definition) is 0. The van der Waals surface area contributed by atoms with Crippen molar-refractivity contribution in [2.45, 2.75) is 25.4 Å². The van der Waals surface area contributed by atoms with Gasteiger partial charge in [-0.2, -0.15) is 0 Å². The molecule has 0 radical (unpaired) electrons. The molecule has 5 heteroatoms. The van der Waals surface area contributed by atoms with Crippen molar-refractivity contribution in [3.05, 3.63) is 35.9 Å². The number of likely N-dealkylation sites (tertiary alicyclic amines) is 1. The largest absolute Gasteiger partial charge is 0.467 e. The molecule has 0 saturated carbocycles. The van der Waals surface area contributed by atoms with Crippen molar-refractivity contribution < 1.29 is 19.1 Å². The minimum atomic E-state index is -1.28. The first-order valence-electron chi connectivity index (χ1n) is 6.69. The number of esters is 2. The number of hydrogen-bond acceptors (Lipinski definition) is 5. The van der Waals surface area contributed by atoms with Crippen molar-refractivity contribution in [2.24, 2.45) is 0 Å². The minimum absolute atomic E-state index is 0.247.